The molecule has 0 fully saturated rings. The summed E-state index contributed by atoms with van der Waals surface area (Å²) in [5.74, 6) is -1.95. The summed E-state index contributed by atoms with van der Waals surface area (Å²) in [6.07, 6.45) is 0. The summed E-state index contributed by atoms with van der Waals surface area (Å²) >= 11 is 5.58. The molecule has 1 aromatic carbocycles. The minimum Gasteiger partial charge on any atom is -0.480 e. The first-order chi connectivity index (χ1) is 8.92. The zero-order valence-electron chi connectivity index (χ0n) is 10.3. The van der Waals surface area contributed by atoms with Crippen LogP contribution in [0.1, 0.15) is 6.92 Å². The lowest BCUT2D eigenvalue weighted by Gasteiger charge is -2.17. The number of nitrogens with one attached hydrogen (secondary N) is 1. The van der Waals surface area contributed by atoms with Crippen molar-refractivity contribution in [2.24, 2.45) is 0 Å². The van der Waals surface area contributed by atoms with Crippen LogP contribution in [0.15, 0.2) is 18.2 Å². The van der Waals surface area contributed by atoms with Crippen LogP contribution in [0.25, 0.3) is 0 Å². The van der Waals surface area contributed by atoms with Gasteiger partial charge in [-0.2, -0.15) is 0 Å². The molecule has 5 nitrogen and oxygen atoms in total. The van der Waals surface area contributed by atoms with Gasteiger partial charge < -0.3 is 10.4 Å². The van der Waals surface area contributed by atoms with E-state index in [9.17, 15) is 14.0 Å². The number of likely N-dealkylation sites (N-methyl/N-ethyl adjacent to an activating group) is 1. The number of carboxylic acid groups (broad SMARTS) is 1. The number of carbonyl (C=O) groups is 2. The van der Waals surface area contributed by atoms with Gasteiger partial charge >= 0.3 is 5.97 Å². The van der Waals surface area contributed by atoms with Gasteiger partial charge in [0, 0.05) is 5.69 Å². The third-order valence-electron chi connectivity index (χ3n) is 2.38. The van der Waals surface area contributed by atoms with Crippen LogP contribution in [-0.4, -0.2) is 41.5 Å². The Kier molecular flexibility index (Phi) is 5.72. The van der Waals surface area contributed by atoms with Gasteiger partial charge in [0.2, 0.25) is 5.91 Å². The summed E-state index contributed by atoms with van der Waals surface area (Å²) in [5, 5.41) is 11.1. The zero-order chi connectivity index (χ0) is 14.4. The largest absolute Gasteiger partial charge is 0.480 e. The number of carbonyl (C=O) groups excluding carboxylic acids is 1. The molecule has 104 valence electrons. The Morgan fingerprint density at radius 2 is 2.11 bits per heavy atom. The van der Waals surface area contributed by atoms with E-state index in [-0.39, 0.29) is 24.0 Å². The normalized spacial score (nSPS) is 10.5. The number of halogens is 2. The maximum absolute atomic E-state index is 12.9. The number of anilines is 1. The van der Waals surface area contributed by atoms with Crippen molar-refractivity contribution in [2.75, 3.05) is 25.0 Å². The Morgan fingerprint density at radius 1 is 1.42 bits per heavy atom. The van der Waals surface area contributed by atoms with E-state index in [0.29, 0.717) is 12.2 Å². The standard InChI is InChI=1S/C12H14ClFN2O3/c1-2-16(7-12(18)19)6-11(17)15-8-3-4-10(14)9(13)5-8/h3-5H,2,6-7H2,1H3,(H,15,17)(H,18,19). The molecule has 0 bridgehead atoms. The van der Waals surface area contributed by atoms with Gasteiger partial charge in [-0.15, -0.1) is 0 Å². The van der Waals surface area contributed by atoms with E-state index in [2.05, 4.69) is 5.32 Å². The van der Waals surface area contributed by atoms with E-state index in [1.807, 2.05) is 0 Å². The van der Waals surface area contributed by atoms with Crippen LogP contribution in [0.3, 0.4) is 0 Å². The maximum Gasteiger partial charge on any atom is 0.317 e. The smallest absolute Gasteiger partial charge is 0.317 e. The number of hydrogen-bond donors (Lipinski definition) is 2. The fraction of sp³-hybridized carbons (Fsp3) is 0.333. The van der Waals surface area contributed by atoms with E-state index < -0.39 is 11.8 Å². The van der Waals surface area contributed by atoms with Gasteiger partial charge in [-0.3, -0.25) is 14.5 Å². The third-order valence-corrected chi connectivity index (χ3v) is 2.67. The van der Waals surface area contributed by atoms with Crippen LogP contribution < -0.4 is 5.32 Å². The summed E-state index contributed by atoms with van der Waals surface area (Å²) < 4.78 is 12.9. The molecule has 0 atom stereocenters. The number of amides is 1. The molecule has 0 saturated carbocycles. The molecule has 0 aliphatic heterocycles. The van der Waals surface area contributed by atoms with Crippen molar-refractivity contribution in [3.05, 3.63) is 29.0 Å². The molecule has 1 rings (SSSR count). The molecule has 0 aliphatic carbocycles. The molecule has 0 spiro atoms. The highest BCUT2D eigenvalue weighted by atomic mass is 35.5. The number of benzene rings is 1. The highest BCUT2D eigenvalue weighted by Gasteiger charge is 2.12. The van der Waals surface area contributed by atoms with Crippen LogP contribution in [-0.2, 0) is 9.59 Å². The minimum atomic E-state index is -1.00. The quantitative estimate of drug-likeness (QED) is 0.838. The van der Waals surface area contributed by atoms with Gasteiger partial charge in [0.15, 0.2) is 0 Å². The number of hydrogen-bond acceptors (Lipinski definition) is 3. The second-order valence-electron chi connectivity index (χ2n) is 3.87. The molecule has 1 aromatic rings. The summed E-state index contributed by atoms with van der Waals surface area (Å²) in [5.41, 5.74) is 0.364. The first-order valence-electron chi connectivity index (χ1n) is 5.61. The number of aliphatic carboxylic acids is 1. The molecule has 0 unspecified atom stereocenters. The lowest BCUT2D eigenvalue weighted by molar-refractivity contribution is -0.138. The molecule has 19 heavy (non-hydrogen) atoms. The summed E-state index contributed by atoms with van der Waals surface area (Å²) in [4.78, 5) is 23.7. The number of rotatable bonds is 6. The predicted octanol–water partition coefficient (Wildman–Crippen LogP) is 1.82. The van der Waals surface area contributed by atoms with Crippen LogP contribution in [0.4, 0.5) is 10.1 Å². The maximum atomic E-state index is 12.9. The Hall–Kier alpha value is -1.66. The van der Waals surface area contributed by atoms with Crippen molar-refractivity contribution < 1.29 is 19.1 Å². The van der Waals surface area contributed by atoms with Crippen LogP contribution >= 0.6 is 11.6 Å². The molecule has 2 N–H and O–H groups in total. The molecule has 0 saturated heterocycles. The van der Waals surface area contributed by atoms with Gasteiger partial charge in [-0.25, -0.2) is 4.39 Å². The topological polar surface area (TPSA) is 69.6 Å². The van der Waals surface area contributed by atoms with E-state index >= 15 is 0 Å². The van der Waals surface area contributed by atoms with Crippen molar-refractivity contribution in [3.8, 4) is 0 Å². The molecule has 0 aliphatic rings. The Balaban J connectivity index is 2.58. The Morgan fingerprint density at radius 3 is 2.63 bits per heavy atom. The molecular formula is C12H14ClFN2O3. The van der Waals surface area contributed by atoms with Crippen LogP contribution in [0.2, 0.25) is 5.02 Å². The van der Waals surface area contributed by atoms with E-state index in [1.165, 1.54) is 17.0 Å². The fourth-order valence-electron chi connectivity index (χ4n) is 1.45. The summed E-state index contributed by atoms with van der Waals surface area (Å²) in [7, 11) is 0. The first kappa shape index (κ1) is 15.4. The predicted molar refractivity (Wildman–Crippen MR) is 69.8 cm³/mol. The van der Waals surface area contributed by atoms with Gasteiger partial charge in [-0.1, -0.05) is 18.5 Å². The van der Waals surface area contributed by atoms with Crippen molar-refractivity contribution in [1.29, 1.82) is 0 Å². The molecular weight excluding hydrogens is 275 g/mol. The fourth-order valence-corrected chi connectivity index (χ4v) is 1.63. The third kappa shape index (κ3) is 5.23. The minimum absolute atomic E-state index is 0.0577. The zero-order valence-corrected chi connectivity index (χ0v) is 11.1. The van der Waals surface area contributed by atoms with E-state index in [4.69, 9.17) is 16.7 Å². The highest BCUT2D eigenvalue weighted by Crippen LogP contribution is 2.19. The summed E-state index contributed by atoms with van der Waals surface area (Å²) in [6, 6.07) is 3.82. The SMILES string of the molecule is CCN(CC(=O)O)CC(=O)Nc1ccc(F)c(Cl)c1. The van der Waals surface area contributed by atoms with Crippen molar-refractivity contribution >= 4 is 29.2 Å². The molecule has 0 heterocycles. The summed E-state index contributed by atoms with van der Waals surface area (Å²) in [6.45, 7) is 1.92. The van der Waals surface area contributed by atoms with Crippen LogP contribution in [0.5, 0.6) is 0 Å². The van der Waals surface area contributed by atoms with Crippen molar-refractivity contribution in [2.45, 2.75) is 6.92 Å². The van der Waals surface area contributed by atoms with Gasteiger partial charge in [0.25, 0.3) is 0 Å². The van der Waals surface area contributed by atoms with E-state index in [0.717, 1.165) is 6.07 Å². The Labute approximate surface area is 115 Å². The average Bonchev–Trinajstić information content (AvgIpc) is 2.32. The first-order valence-corrected chi connectivity index (χ1v) is 5.99. The number of carboxylic acids is 1. The van der Waals surface area contributed by atoms with E-state index in [1.54, 1.807) is 6.92 Å². The van der Waals surface area contributed by atoms with Crippen molar-refractivity contribution in [3.63, 3.8) is 0 Å². The number of nitrogens with zero attached hydrogens (tertiary/aromatic N) is 1. The van der Waals surface area contributed by atoms with Gasteiger partial charge in [-0.05, 0) is 24.7 Å². The van der Waals surface area contributed by atoms with Gasteiger partial charge in [0.1, 0.15) is 5.82 Å². The lowest BCUT2D eigenvalue weighted by atomic mass is 10.3. The Bertz CT molecular complexity index is 482. The van der Waals surface area contributed by atoms with Gasteiger partial charge in [0.05, 0.1) is 18.1 Å². The second-order valence-corrected chi connectivity index (χ2v) is 4.28. The van der Waals surface area contributed by atoms with Crippen LogP contribution in [0, 0.1) is 5.82 Å². The monoisotopic (exact) mass is 288 g/mol. The molecule has 1 amide bonds. The molecule has 0 aromatic heterocycles. The molecule has 0 radical (unpaired) electrons. The average molecular weight is 289 g/mol. The lowest BCUT2D eigenvalue weighted by Crippen LogP contribution is -2.36. The second kappa shape index (κ2) is 7.06. The highest BCUT2D eigenvalue weighted by molar-refractivity contribution is 6.31. The molecule has 7 heteroatoms. The van der Waals surface area contributed by atoms with Crippen molar-refractivity contribution in [1.82, 2.24) is 4.90 Å².